The van der Waals surface area contributed by atoms with Crippen LogP contribution >= 0.6 is 0 Å². The minimum atomic E-state index is -0.139. The van der Waals surface area contributed by atoms with Crippen molar-refractivity contribution in [3.8, 4) is 17.1 Å². The summed E-state index contributed by atoms with van der Waals surface area (Å²) in [4.78, 5) is 25.9. The van der Waals surface area contributed by atoms with Gasteiger partial charge in [-0.25, -0.2) is 9.97 Å². The highest BCUT2D eigenvalue weighted by Crippen LogP contribution is 2.31. The molecule has 0 radical (unpaired) electrons. The predicted octanol–water partition coefficient (Wildman–Crippen LogP) is 2.90. The molecule has 1 fully saturated rings. The summed E-state index contributed by atoms with van der Waals surface area (Å²) in [6.07, 6.45) is 1.99. The Bertz CT molecular complexity index is 1030. The fraction of sp³-hybridized carbons (Fsp3) is 0.381. The number of carbonyl (C=O) groups excluding carboxylic acids is 1. The Kier molecular flexibility index (Phi) is 4.66. The molecule has 3 heterocycles. The topological polar surface area (TPSA) is 83.1 Å². The lowest BCUT2D eigenvalue weighted by Gasteiger charge is -2.20. The average molecular weight is 379 g/mol. The normalized spacial score (nSPS) is 17.6. The third-order valence-corrected chi connectivity index (χ3v) is 5.32. The molecule has 0 unspecified atom stereocenters. The lowest BCUT2D eigenvalue weighted by molar-refractivity contribution is -0.119. The van der Waals surface area contributed by atoms with Crippen molar-refractivity contribution >= 4 is 22.6 Å². The minimum absolute atomic E-state index is 0.0727. The Labute approximate surface area is 164 Å². The van der Waals surface area contributed by atoms with Crippen LogP contribution in [0, 0.1) is 12.8 Å². The van der Waals surface area contributed by atoms with E-state index in [0.29, 0.717) is 24.4 Å². The highest BCUT2D eigenvalue weighted by atomic mass is 16.5. The number of H-pyrrole nitrogens is 1. The molecule has 2 atom stereocenters. The number of hydrogen-bond acceptors (Lipinski definition) is 5. The average Bonchev–Trinajstić information content (AvgIpc) is 3.30. The third kappa shape index (κ3) is 3.40. The predicted molar refractivity (Wildman–Crippen MR) is 110 cm³/mol. The molecule has 1 amide bonds. The second kappa shape index (κ2) is 7.14. The maximum absolute atomic E-state index is 11.5. The van der Waals surface area contributed by atoms with Gasteiger partial charge in [-0.05, 0) is 37.6 Å². The van der Waals surface area contributed by atoms with Crippen LogP contribution in [0.1, 0.15) is 18.9 Å². The zero-order chi connectivity index (χ0) is 19.8. The van der Waals surface area contributed by atoms with E-state index in [1.807, 2.05) is 27.1 Å². The van der Waals surface area contributed by atoms with Crippen molar-refractivity contribution in [1.82, 2.24) is 20.3 Å². The largest absolute Gasteiger partial charge is 0.473 e. The van der Waals surface area contributed by atoms with E-state index in [-0.39, 0.29) is 17.9 Å². The molecule has 2 N–H and O–H groups in total. The molecule has 1 saturated heterocycles. The molecule has 1 aromatic carbocycles. The Morgan fingerprint density at radius 1 is 1.29 bits per heavy atom. The van der Waals surface area contributed by atoms with Crippen molar-refractivity contribution in [1.29, 1.82) is 0 Å². The zero-order valence-electron chi connectivity index (χ0n) is 16.6. The van der Waals surface area contributed by atoms with Crippen LogP contribution in [0.2, 0.25) is 0 Å². The number of benzene rings is 1. The molecule has 1 aliphatic heterocycles. The second-order valence-electron chi connectivity index (χ2n) is 7.60. The van der Waals surface area contributed by atoms with Gasteiger partial charge in [-0.15, -0.1) is 0 Å². The molecular weight excluding hydrogens is 354 g/mol. The molecule has 7 heteroatoms. The number of amides is 1. The summed E-state index contributed by atoms with van der Waals surface area (Å²) >= 11 is 0. The van der Waals surface area contributed by atoms with Gasteiger partial charge in [0.25, 0.3) is 0 Å². The summed E-state index contributed by atoms with van der Waals surface area (Å²) in [5.41, 5.74) is 5.79. The molecule has 7 nitrogen and oxygen atoms in total. The Balaban J connectivity index is 1.69. The van der Waals surface area contributed by atoms with E-state index in [1.165, 1.54) is 11.3 Å². The van der Waals surface area contributed by atoms with Gasteiger partial charge in [0, 0.05) is 44.2 Å². The first-order valence-corrected chi connectivity index (χ1v) is 9.48. The highest BCUT2D eigenvalue weighted by Gasteiger charge is 2.29. The quantitative estimate of drug-likeness (QED) is 0.712. The summed E-state index contributed by atoms with van der Waals surface area (Å²) in [6.45, 7) is 4.71. The van der Waals surface area contributed by atoms with Gasteiger partial charge in [-0.2, -0.15) is 0 Å². The third-order valence-electron chi connectivity index (χ3n) is 5.32. The number of anilines is 1. The molecule has 0 spiro atoms. The van der Waals surface area contributed by atoms with E-state index in [1.54, 1.807) is 6.33 Å². The van der Waals surface area contributed by atoms with E-state index in [9.17, 15) is 4.79 Å². The van der Waals surface area contributed by atoms with Gasteiger partial charge in [0.15, 0.2) is 5.52 Å². The SMILES string of the molecule is Cc1cc(-c2cc3[nH]cnc3c(O[C@H](C)[C@H]3CNC(=O)C3)n2)ccc1N(C)C. The van der Waals surface area contributed by atoms with Gasteiger partial charge in [-0.1, -0.05) is 6.07 Å². The van der Waals surface area contributed by atoms with Gasteiger partial charge >= 0.3 is 0 Å². The van der Waals surface area contributed by atoms with Crippen molar-refractivity contribution < 1.29 is 9.53 Å². The van der Waals surface area contributed by atoms with Gasteiger partial charge in [0.05, 0.1) is 17.5 Å². The van der Waals surface area contributed by atoms with Crippen LogP contribution in [0.3, 0.4) is 0 Å². The summed E-state index contributed by atoms with van der Waals surface area (Å²) in [6, 6.07) is 8.29. The second-order valence-corrected chi connectivity index (χ2v) is 7.60. The van der Waals surface area contributed by atoms with Crippen LogP contribution < -0.4 is 15.0 Å². The molecule has 28 heavy (non-hydrogen) atoms. The number of aromatic nitrogens is 3. The summed E-state index contributed by atoms with van der Waals surface area (Å²) < 4.78 is 6.18. The number of imidazole rings is 1. The molecule has 0 bridgehead atoms. The summed E-state index contributed by atoms with van der Waals surface area (Å²) in [5, 5.41) is 2.86. The van der Waals surface area contributed by atoms with Crippen LogP contribution in [-0.2, 0) is 4.79 Å². The Hall–Kier alpha value is -3.09. The lowest BCUT2D eigenvalue weighted by atomic mass is 10.0. The first-order chi connectivity index (χ1) is 13.4. The van der Waals surface area contributed by atoms with E-state index in [4.69, 9.17) is 9.72 Å². The van der Waals surface area contributed by atoms with Gasteiger partial charge in [-0.3, -0.25) is 4.79 Å². The number of carbonyl (C=O) groups is 1. The summed E-state index contributed by atoms with van der Waals surface area (Å²) in [7, 11) is 4.07. The van der Waals surface area contributed by atoms with Crippen molar-refractivity contribution in [2.75, 3.05) is 25.5 Å². The number of fused-ring (bicyclic) bond motifs is 1. The van der Waals surface area contributed by atoms with E-state index < -0.39 is 0 Å². The number of aryl methyl sites for hydroxylation is 1. The Morgan fingerprint density at radius 3 is 2.79 bits per heavy atom. The molecule has 0 aliphatic carbocycles. The number of hydrogen-bond donors (Lipinski definition) is 2. The van der Waals surface area contributed by atoms with Crippen molar-refractivity contribution in [3.63, 3.8) is 0 Å². The number of nitrogens with one attached hydrogen (secondary N) is 2. The standard InChI is InChI=1S/C21H25N5O2/c1-12-7-14(5-6-18(12)26(3)4)16-9-17-20(24-11-23-17)21(25-16)28-13(2)15-8-19(27)22-10-15/h5-7,9,11,13,15H,8,10H2,1-4H3,(H,22,27)(H,23,24)/t13-,15-/m1/s1. The maximum atomic E-state index is 11.5. The van der Waals surface area contributed by atoms with Crippen LogP contribution in [0.4, 0.5) is 5.69 Å². The van der Waals surface area contributed by atoms with E-state index >= 15 is 0 Å². The number of aromatic amines is 1. The molecule has 3 aromatic rings. The molecule has 0 saturated carbocycles. The smallest absolute Gasteiger partial charge is 0.243 e. The number of rotatable bonds is 5. The minimum Gasteiger partial charge on any atom is -0.473 e. The van der Waals surface area contributed by atoms with Crippen LogP contribution in [0.5, 0.6) is 5.88 Å². The fourth-order valence-electron chi connectivity index (χ4n) is 3.69. The molecule has 1 aliphatic rings. The first-order valence-electron chi connectivity index (χ1n) is 9.48. The summed E-state index contributed by atoms with van der Waals surface area (Å²) in [5.74, 6) is 0.701. The van der Waals surface area contributed by atoms with E-state index in [0.717, 1.165) is 16.8 Å². The number of nitrogens with zero attached hydrogens (tertiary/aromatic N) is 3. The Morgan fingerprint density at radius 2 is 2.11 bits per heavy atom. The maximum Gasteiger partial charge on any atom is 0.243 e. The van der Waals surface area contributed by atoms with Crippen molar-refractivity contribution in [2.45, 2.75) is 26.4 Å². The van der Waals surface area contributed by atoms with Crippen molar-refractivity contribution in [2.24, 2.45) is 5.92 Å². The number of pyridine rings is 1. The van der Waals surface area contributed by atoms with Crippen LogP contribution in [0.25, 0.3) is 22.3 Å². The van der Waals surface area contributed by atoms with Gasteiger partial charge in [0.1, 0.15) is 6.10 Å². The first kappa shape index (κ1) is 18.3. The molecular formula is C21H25N5O2. The van der Waals surface area contributed by atoms with E-state index in [2.05, 4.69) is 45.3 Å². The molecule has 146 valence electrons. The monoisotopic (exact) mass is 379 g/mol. The highest BCUT2D eigenvalue weighted by molar-refractivity contribution is 5.84. The van der Waals surface area contributed by atoms with Crippen molar-refractivity contribution in [3.05, 3.63) is 36.2 Å². The van der Waals surface area contributed by atoms with Crippen LogP contribution in [0.15, 0.2) is 30.6 Å². The molecule has 2 aromatic heterocycles. The zero-order valence-corrected chi connectivity index (χ0v) is 16.6. The number of ether oxygens (including phenoxy) is 1. The van der Waals surface area contributed by atoms with Crippen LogP contribution in [-0.4, -0.2) is 47.6 Å². The molecule has 4 rings (SSSR count). The fourth-order valence-corrected chi connectivity index (χ4v) is 3.69. The van der Waals surface area contributed by atoms with Gasteiger partial charge < -0.3 is 19.9 Å². The van der Waals surface area contributed by atoms with Gasteiger partial charge in [0.2, 0.25) is 11.8 Å². The lowest BCUT2D eigenvalue weighted by Crippen LogP contribution is -2.26.